The summed E-state index contributed by atoms with van der Waals surface area (Å²) >= 11 is 0. The molecule has 0 saturated heterocycles. The van der Waals surface area contributed by atoms with Crippen LogP contribution < -0.4 is 14.8 Å². The van der Waals surface area contributed by atoms with Gasteiger partial charge >= 0.3 is 0 Å². The topological polar surface area (TPSA) is 35.0 Å². The summed E-state index contributed by atoms with van der Waals surface area (Å²) < 4.78 is 0. The van der Waals surface area contributed by atoms with E-state index in [2.05, 4.69) is 147 Å². The first kappa shape index (κ1) is 29.1. The maximum atomic E-state index is 5.08. The first-order chi connectivity index (χ1) is 20.5. The number of pyridine rings is 1. The minimum atomic E-state index is 0.0743. The molecule has 1 unspecified atom stereocenters. The number of para-hydroxylation sites is 1. The lowest BCUT2D eigenvalue weighted by molar-refractivity contribution is 0.778. The van der Waals surface area contributed by atoms with Crippen LogP contribution in [0.25, 0.3) is 23.1 Å². The van der Waals surface area contributed by atoms with Crippen LogP contribution in [0.5, 0.6) is 0 Å². The summed E-state index contributed by atoms with van der Waals surface area (Å²) in [7, 11) is 0. The molecule has 1 aromatic heterocycles. The summed E-state index contributed by atoms with van der Waals surface area (Å²) in [5.74, 6) is 0.879. The molecular weight excluding hydrogens is 514 g/mol. The fraction of sp³-hybridized carbons (Fsp3) is 0.297. The van der Waals surface area contributed by atoms with Crippen molar-refractivity contribution in [3.8, 4) is 0 Å². The second kappa shape index (κ2) is 13.5. The van der Waals surface area contributed by atoms with Gasteiger partial charge in [0.2, 0.25) is 0 Å². The zero-order valence-corrected chi connectivity index (χ0v) is 25.7. The van der Waals surface area contributed by atoms with Gasteiger partial charge in [0, 0.05) is 49.4 Å². The molecule has 5 nitrogen and oxygen atoms in total. The lowest BCUT2D eigenvalue weighted by atomic mass is 10.1. The second-order valence-corrected chi connectivity index (χ2v) is 10.7. The number of allylic oxidation sites excluding steroid dienone is 1. The Bertz CT molecular complexity index is 1560. The lowest BCUT2D eigenvalue weighted by Crippen LogP contribution is -2.25. The predicted octanol–water partition coefficient (Wildman–Crippen LogP) is 8.60. The van der Waals surface area contributed by atoms with Crippen LogP contribution in [0.3, 0.4) is 0 Å². The number of nitrogens with zero attached hydrogens (tertiary/aromatic N) is 5. The van der Waals surface area contributed by atoms with Crippen molar-refractivity contribution in [1.82, 2.24) is 4.98 Å². The van der Waals surface area contributed by atoms with Crippen molar-refractivity contribution in [2.45, 2.75) is 47.1 Å². The van der Waals surface area contributed by atoms with Gasteiger partial charge in [-0.15, -0.1) is 0 Å². The van der Waals surface area contributed by atoms with Crippen LogP contribution in [0.4, 0.5) is 17.2 Å². The van der Waals surface area contributed by atoms with Gasteiger partial charge < -0.3 is 9.80 Å². The molecule has 2 heterocycles. The van der Waals surface area contributed by atoms with E-state index < -0.39 is 0 Å². The van der Waals surface area contributed by atoms with Crippen molar-refractivity contribution in [2.24, 2.45) is 5.10 Å². The molecule has 5 rings (SSSR count). The van der Waals surface area contributed by atoms with Crippen molar-refractivity contribution in [3.63, 3.8) is 0 Å². The van der Waals surface area contributed by atoms with Crippen LogP contribution in [-0.4, -0.2) is 42.9 Å². The van der Waals surface area contributed by atoms with Gasteiger partial charge in [-0.2, -0.15) is 5.10 Å². The van der Waals surface area contributed by atoms with Crippen LogP contribution in [-0.2, 0) is 0 Å². The van der Waals surface area contributed by atoms with Crippen LogP contribution in [0.1, 0.15) is 50.8 Å². The number of anilines is 3. The average Bonchev–Trinajstić information content (AvgIpc) is 3.44. The van der Waals surface area contributed by atoms with Gasteiger partial charge in [-0.25, -0.2) is 9.99 Å². The van der Waals surface area contributed by atoms with Gasteiger partial charge in [-0.05, 0) is 93.8 Å². The highest BCUT2D eigenvalue weighted by atomic mass is 15.5. The number of fused-ring (bicyclic) bond motifs is 1. The molecule has 0 aliphatic carbocycles. The first-order valence-electron chi connectivity index (χ1n) is 15.3. The van der Waals surface area contributed by atoms with Gasteiger partial charge in [0.05, 0.1) is 17.3 Å². The normalized spacial score (nSPS) is 15.2. The Morgan fingerprint density at radius 2 is 1.31 bits per heavy atom. The number of rotatable bonds is 11. The molecule has 1 atom stereocenters. The number of benzene rings is 3. The first-order valence-corrected chi connectivity index (χ1v) is 15.3. The summed E-state index contributed by atoms with van der Waals surface area (Å²) in [5, 5.41) is 8.35. The zero-order chi connectivity index (χ0) is 29.5. The van der Waals surface area contributed by atoms with E-state index in [1.54, 1.807) is 0 Å². The van der Waals surface area contributed by atoms with E-state index in [9.17, 15) is 0 Å². The van der Waals surface area contributed by atoms with Crippen molar-refractivity contribution in [2.75, 3.05) is 41.0 Å². The minimum Gasteiger partial charge on any atom is -0.372 e. The van der Waals surface area contributed by atoms with Crippen molar-refractivity contribution < 1.29 is 0 Å². The molecule has 1 aliphatic heterocycles. The molecule has 0 saturated carbocycles. The minimum absolute atomic E-state index is 0.0743. The van der Waals surface area contributed by atoms with Crippen molar-refractivity contribution in [3.05, 3.63) is 108 Å². The quantitative estimate of drug-likeness (QED) is 0.185. The molecule has 0 radical (unpaired) electrons. The van der Waals surface area contributed by atoms with Gasteiger partial charge in [-0.1, -0.05) is 60.7 Å². The van der Waals surface area contributed by atoms with Gasteiger partial charge in [0.15, 0.2) is 0 Å². The molecule has 1 aliphatic rings. The number of aryl methyl sites for hydroxylation is 1. The Balaban J connectivity index is 1.41. The highest BCUT2D eigenvalue weighted by Gasteiger charge is 2.26. The van der Waals surface area contributed by atoms with Crippen LogP contribution in [0.2, 0.25) is 0 Å². The van der Waals surface area contributed by atoms with E-state index in [4.69, 9.17) is 10.1 Å². The van der Waals surface area contributed by atoms with Crippen LogP contribution in [0, 0.1) is 6.92 Å². The molecule has 0 amide bonds. The smallest absolute Gasteiger partial charge is 0.150 e. The lowest BCUT2D eigenvalue weighted by Gasteiger charge is -2.21. The monoisotopic (exact) mass is 557 g/mol. The third kappa shape index (κ3) is 6.57. The summed E-state index contributed by atoms with van der Waals surface area (Å²) in [4.78, 5) is 9.74. The van der Waals surface area contributed by atoms with E-state index in [1.807, 2.05) is 6.07 Å². The Hall–Kier alpha value is -4.38. The van der Waals surface area contributed by atoms with Gasteiger partial charge in [-0.3, -0.25) is 0 Å². The van der Waals surface area contributed by atoms with Gasteiger partial charge in [0.1, 0.15) is 5.82 Å². The van der Waals surface area contributed by atoms with Gasteiger partial charge in [0.25, 0.3) is 0 Å². The Morgan fingerprint density at radius 3 is 1.90 bits per heavy atom. The van der Waals surface area contributed by atoms with Crippen molar-refractivity contribution >= 4 is 46.0 Å². The molecule has 4 aromatic rings. The van der Waals surface area contributed by atoms with Crippen LogP contribution >= 0.6 is 0 Å². The largest absolute Gasteiger partial charge is 0.372 e. The molecule has 3 aromatic carbocycles. The highest BCUT2D eigenvalue weighted by molar-refractivity contribution is 6.01. The molecular formula is C37H43N5. The number of hydrazone groups is 1. The number of hydrogen-bond donors (Lipinski definition) is 0. The Kier molecular flexibility index (Phi) is 9.38. The zero-order valence-electron chi connectivity index (χ0n) is 25.7. The summed E-state index contributed by atoms with van der Waals surface area (Å²) in [6.45, 7) is 15.0. The van der Waals surface area contributed by atoms with E-state index in [0.29, 0.717) is 0 Å². The maximum absolute atomic E-state index is 5.08. The molecule has 0 spiro atoms. The standard InChI is InChI=1S/C37H43N5/c1-6-40(7-2)32-21-15-29(16-22-32)14-20-31-27-34(25-19-30-17-23-33(24-18-30)41(8-3)9-4)42(39-31)37-26-28(5)35-12-10-11-13-36(35)38-37/h10-26,34H,6-9,27H2,1-5H3. The van der Waals surface area contributed by atoms with E-state index in [-0.39, 0.29) is 6.04 Å². The van der Waals surface area contributed by atoms with E-state index in [0.717, 1.165) is 49.6 Å². The Labute approximate surface area is 251 Å². The molecule has 0 bridgehead atoms. The fourth-order valence-electron chi connectivity index (χ4n) is 5.66. The Morgan fingerprint density at radius 1 is 0.738 bits per heavy atom. The van der Waals surface area contributed by atoms with E-state index in [1.165, 1.54) is 33.5 Å². The third-order valence-corrected chi connectivity index (χ3v) is 8.14. The maximum Gasteiger partial charge on any atom is 0.150 e. The molecule has 42 heavy (non-hydrogen) atoms. The summed E-state index contributed by atoms with van der Waals surface area (Å²) in [6.07, 6.45) is 9.61. The SMILES string of the molecule is CCN(CC)c1ccc(C=CC2=NN(c3cc(C)c4ccccc4n3)C(C=Cc3ccc(N(CC)CC)cc3)C2)cc1. The fourth-order valence-corrected chi connectivity index (χ4v) is 5.66. The summed E-state index contributed by atoms with van der Waals surface area (Å²) in [6, 6.07) is 28.2. The number of hydrogen-bond acceptors (Lipinski definition) is 5. The molecule has 0 fully saturated rings. The van der Waals surface area contributed by atoms with Crippen molar-refractivity contribution in [1.29, 1.82) is 0 Å². The third-order valence-electron chi connectivity index (χ3n) is 8.14. The highest BCUT2D eigenvalue weighted by Crippen LogP contribution is 2.29. The van der Waals surface area contributed by atoms with E-state index >= 15 is 0 Å². The number of aromatic nitrogens is 1. The molecule has 5 heteroatoms. The molecule has 0 N–H and O–H groups in total. The molecule has 216 valence electrons. The average molecular weight is 558 g/mol. The second-order valence-electron chi connectivity index (χ2n) is 10.7. The summed E-state index contributed by atoms with van der Waals surface area (Å²) in [5.41, 5.74) is 8.12. The van der Waals surface area contributed by atoms with Crippen LogP contribution in [0.15, 0.2) is 96.1 Å². The predicted molar refractivity (Wildman–Crippen MR) is 183 cm³/mol.